The maximum absolute atomic E-state index is 13.6. The minimum absolute atomic E-state index is 0.0416. The van der Waals surface area contributed by atoms with Crippen LogP contribution in [0.15, 0.2) is 18.2 Å². The Morgan fingerprint density at radius 1 is 1.33 bits per heavy atom. The van der Waals surface area contributed by atoms with Crippen molar-refractivity contribution in [1.82, 2.24) is 5.32 Å². The predicted molar refractivity (Wildman–Crippen MR) is 87.2 cm³/mol. The van der Waals surface area contributed by atoms with Gasteiger partial charge in [-0.2, -0.15) is 0 Å². The lowest BCUT2D eigenvalue weighted by molar-refractivity contribution is -0.118. The maximum Gasteiger partial charge on any atom is 0.230 e. The second-order valence-electron chi connectivity index (χ2n) is 5.54. The Balaban J connectivity index is 1.64. The minimum Gasteiger partial charge on any atom is -0.355 e. The van der Waals surface area contributed by atoms with Gasteiger partial charge < -0.3 is 5.32 Å². The number of halogens is 2. The fraction of sp³-hybridized carbons (Fsp3) is 0.562. The van der Waals surface area contributed by atoms with Gasteiger partial charge in [-0.15, -0.1) is 11.8 Å². The average Bonchev–Trinajstić information content (AvgIpc) is 2.48. The Morgan fingerprint density at radius 2 is 2.10 bits per heavy atom. The molecule has 116 valence electrons. The molecule has 0 radical (unpaired) electrons. The molecule has 0 aliphatic heterocycles. The summed E-state index contributed by atoms with van der Waals surface area (Å²) in [7, 11) is 0. The Hall–Kier alpha value is -0.740. The highest BCUT2D eigenvalue weighted by Gasteiger charge is 2.14. The maximum atomic E-state index is 13.6. The van der Waals surface area contributed by atoms with Crippen molar-refractivity contribution in [3.63, 3.8) is 0 Å². The summed E-state index contributed by atoms with van der Waals surface area (Å²) in [6, 6.07) is 4.65. The summed E-state index contributed by atoms with van der Waals surface area (Å²) in [5.74, 6) is 1.23. The van der Waals surface area contributed by atoms with Crippen molar-refractivity contribution in [2.45, 2.75) is 37.9 Å². The number of hydrogen-bond acceptors (Lipinski definition) is 2. The zero-order valence-corrected chi connectivity index (χ0v) is 13.6. The van der Waals surface area contributed by atoms with E-state index in [0.29, 0.717) is 28.0 Å². The predicted octanol–water partition coefficient (Wildman–Crippen LogP) is 4.41. The Morgan fingerprint density at radius 3 is 2.81 bits per heavy atom. The van der Waals surface area contributed by atoms with Gasteiger partial charge >= 0.3 is 0 Å². The van der Waals surface area contributed by atoms with E-state index in [0.717, 1.165) is 6.54 Å². The summed E-state index contributed by atoms with van der Waals surface area (Å²) in [5, 5.41) is 3.38. The van der Waals surface area contributed by atoms with Crippen LogP contribution in [0.2, 0.25) is 5.02 Å². The van der Waals surface area contributed by atoms with Gasteiger partial charge in [-0.3, -0.25) is 4.79 Å². The molecule has 0 bridgehead atoms. The number of carbonyl (C=O) groups is 1. The van der Waals surface area contributed by atoms with Crippen molar-refractivity contribution < 1.29 is 9.18 Å². The monoisotopic (exact) mass is 329 g/mol. The summed E-state index contributed by atoms with van der Waals surface area (Å²) in [4.78, 5) is 11.8. The second kappa shape index (κ2) is 8.64. The largest absolute Gasteiger partial charge is 0.355 e. The van der Waals surface area contributed by atoms with Crippen molar-refractivity contribution in [3.8, 4) is 0 Å². The summed E-state index contributed by atoms with van der Waals surface area (Å²) < 4.78 is 13.6. The number of nitrogens with one attached hydrogen (secondary N) is 1. The van der Waals surface area contributed by atoms with Gasteiger partial charge in [0.1, 0.15) is 5.82 Å². The number of carbonyl (C=O) groups excluding carboxylic acids is 1. The Labute approximate surface area is 134 Å². The number of amides is 1. The molecule has 2 nitrogen and oxygen atoms in total. The molecule has 0 spiro atoms. The van der Waals surface area contributed by atoms with E-state index in [4.69, 9.17) is 11.6 Å². The van der Waals surface area contributed by atoms with Gasteiger partial charge in [0.15, 0.2) is 0 Å². The number of rotatable bonds is 6. The van der Waals surface area contributed by atoms with Crippen molar-refractivity contribution in [3.05, 3.63) is 34.6 Å². The Bertz CT molecular complexity index is 477. The highest BCUT2D eigenvalue weighted by atomic mass is 35.5. The van der Waals surface area contributed by atoms with E-state index < -0.39 is 0 Å². The average molecular weight is 330 g/mol. The molecule has 2 rings (SSSR count). The van der Waals surface area contributed by atoms with Crippen molar-refractivity contribution in [2.24, 2.45) is 5.92 Å². The van der Waals surface area contributed by atoms with E-state index >= 15 is 0 Å². The summed E-state index contributed by atoms with van der Waals surface area (Å²) in [6.07, 6.45) is 6.34. The van der Waals surface area contributed by atoms with Gasteiger partial charge in [-0.25, -0.2) is 4.39 Å². The van der Waals surface area contributed by atoms with E-state index in [9.17, 15) is 9.18 Å². The van der Waals surface area contributed by atoms with E-state index in [-0.39, 0.29) is 11.7 Å². The van der Waals surface area contributed by atoms with Crippen LogP contribution in [-0.2, 0) is 10.5 Å². The zero-order chi connectivity index (χ0) is 15.1. The lowest BCUT2D eigenvalue weighted by Crippen LogP contribution is -2.31. The lowest BCUT2D eigenvalue weighted by atomic mass is 9.89. The first-order chi connectivity index (χ1) is 10.1. The van der Waals surface area contributed by atoms with E-state index in [1.54, 1.807) is 12.1 Å². The number of thioether (sulfide) groups is 1. The third kappa shape index (κ3) is 5.87. The quantitative estimate of drug-likeness (QED) is 0.837. The van der Waals surface area contributed by atoms with Crippen molar-refractivity contribution in [1.29, 1.82) is 0 Å². The molecule has 1 aromatic carbocycles. The van der Waals surface area contributed by atoms with Gasteiger partial charge in [0.2, 0.25) is 5.91 Å². The summed E-state index contributed by atoms with van der Waals surface area (Å²) in [6.45, 7) is 0.786. The normalized spacial score (nSPS) is 15.9. The van der Waals surface area contributed by atoms with Gasteiger partial charge in [0, 0.05) is 17.3 Å². The molecule has 1 aliphatic carbocycles. The highest BCUT2D eigenvalue weighted by Crippen LogP contribution is 2.23. The molecule has 0 atom stereocenters. The molecular formula is C16H21ClFNOS. The van der Waals surface area contributed by atoms with Crippen LogP contribution in [0, 0.1) is 11.7 Å². The topological polar surface area (TPSA) is 29.1 Å². The summed E-state index contributed by atoms with van der Waals surface area (Å²) in [5.41, 5.74) is 0.587. The van der Waals surface area contributed by atoms with E-state index in [1.807, 2.05) is 0 Å². The van der Waals surface area contributed by atoms with Crippen LogP contribution >= 0.6 is 23.4 Å². The van der Waals surface area contributed by atoms with Crippen LogP contribution in [0.25, 0.3) is 0 Å². The van der Waals surface area contributed by atoms with Gasteiger partial charge in [0.25, 0.3) is 0 Å². The lowest BCUT2D eigenvalue weighted by Gasteiger charge is -2.21. The van der Waals surface area contributed by atoms with Crippen LogP contribution in [0.4, 0.5) is 4.39 Å². The van der Waals surface area contributed by atoms with Crippen molar-refractivity contribution >= 4 is 29.3 Å². The van der Waals surface area contributed by atoms with E-state index in [1.165, 1.54) is 49.9 Å². The van der Waals surface area contributed by atoms with Crippen LogP contribution in [0.1, 0.15) is 37.7 Å². The fourth-order valence-corrected chi connectivity index (χ4v) is 3.60. The SMILES string of the molecule is O=C(CSCc1ccc(Cl)cc1F)NCC1CCCCC1. The molecule has 0 saturated heterocycles. The van der Waals surface area contributed by atoms with Crippen LogP contribution in [-0.4, -0.2) is 18.2 Å². The van der Waals surface area contributed by atoms with Crippen LogP contribution < -0.4 is 5.32 Å². The molecule has 1 N–H and O–H groups in total. The zero-order valence-electron chi connectivity index (χ0n) is 12.0. The molecule has 5 heteroatoms. The first-order valence-corrected chi connectivity index (χ1v) is 8.97. The number of hydrogen-bond donors (Lipinski definition) is 1. The van der Waals surface area contributed by atoms with Crippen LogP contribution in [0.3, 0.4) is 0 Å². The van der Waals surface area contributed by atoms with Gasteiger partial charge in [-0.1, -0.05) is 36.9 Å². The molecule has 21 heavy (non-hydrogen) atoms. The van der Waals surface area contributed by atoms with Gasteiger partial charge in [0.05, 0.1) is 5.75 Å². The van der Waals surface area contributed by atoms with Gasteiger partial charge in [-0.05, 0) is 36.5 Å². The minimum atomic E-state index is -0.308. The molecule has 1 fully saturated rings. The molecular weight excluding hydrogens is 309 g/mol. The first kappa shape index (κ1) is 16.6. The van der Waals surface area contributed by atoms with Crippen LogP contribution in [0.5, 0.6) is 0 Å². The number of benzene rings is 1. The third-order valence-corrected chi connectivity index (χ3v) is 5.04. The molecule has 0 aromatic heterocycles. The van der Waals surface area contributed by atoms with Crippen molar-refractivity contribution in [2.75, 3.05) is 12.3 Å². The molecule has 1 aliphatic rings. The summed E-state index contributed by atoms with van der Waals surface area (Å²) >= 11 is 7.13. The second-order valence-corrected chi connectivity index (χ2v) is 6.96. The molecule has 1 amide bonds. The smallest absolute Gasteiger partial charge is 0.230 e. The first-order valence-electron chi connectivity index (χ1n) is 7.43. The molecule has 0 unspecified atom stereocenters. The van der Waals surface area contributed by atoms with E-state index in [2.05, 4.69) is 5.32 Å². The molecule has 0 heterocycles. The molecule has 1 saturated carbocycles. The molecule has 1 aromatic rings. The fourth-order valence-electron chi connectivity index (χ4n) is 2.59. The Kier molecular flexibility index (Phi) is 6.84. The third-order valence-electron chi connectivity index (χ3n) is 3.82. The standard InChI is InChI=1S/C16H21ClFNOS/c17-14-7-6-13(15(18)8-14)10-21-11-16(20)19-9-12-4-2-1-3-5-12/h6-8,12H,1-5,9-11H2,(H,19,20). The highest BCUT2D eigenvalue weighted by molar-refractivity contribution is 7.99.